The van der Waals surface area contributed by atoms with Crippen LogP contribution in [0.5, 0.6) is 11.5 Å². The first-order chi connectivity index (χ1) is 11.3. The normalized spacial score (nSPS) is 11.1. The molecular weight excluding hydrogens is 284 g/mol. The Morgan fingerprint density at radius 2 is 1.26 bits per heavy atom. The van der Waals surface area contributed by atoms with Crippen LogP contribution in [0.2, 0.25) is 0 Å². The third-order valence-corrected chi connectivity index (χ3v) is 4.16. The first-order valence-electron chi connectivity index (χ1n) is 9.19. The number of benzene rings is 1. The fourth-order valence-electron chi connectivity index (χ4n) is 2.72. The van der Waals surface area contributed by atoms with Crippen molar-refractivity contribution in [1.29, 1.82) is 0 Å². The van der Waals surface area contributed by atoms with Gasteiger partial charge in [-0.25, -0.2) is 0 Å². The quantitative estimate of drug-likeness (QED) is 0.380. The maximum atomic E-state index is 5.29. The van der Waals surface area contributed by atoms with E-state index in [1.807, 2.05) is 18.2 Å². The van der Waals surface area contributed by atoms with E-state index in [4.69, 9.17) is 9.47 Å². The molecular formula is C21H34O2. The highest BCUT2D eigenvalue weighted by atomic mass is 16.5. The van der Waals surface area contributed by atoms with E-state index in [0.717, 1.165) is 23.5 Å². The van der Waals surface area contributed by atoms with Crippen molar-refractivity contribution in [3.8, 4) is 11.5 Å². The topological polar surface area (TPSA) is 18.5 Å². The van der Waals surface area contributed by atoms with Crippen molar-refractivity contribution < 1.29 is 9.47 Å². The van der Waals surface area contributed by atoms with Gasteiger partial charge in [0.25, 0.3) is 0 Å². The largest absolute Gasteiger partial charge is 0.497 e. The van der Waals surface area contributed by atoms with Crippen molar-refractivity contribution in [2.75, 3.05) is 14.2 Å². The molecule has 0 aromatic heterocycles. The van der Waals surface area contributed by atoms with Crippen LogP contribution >= 0.6 is 0 Å². The van der Waals surface area contributed by atoms with Crippen molar-refractivity contribution >= 4 is 6.08 Å². The number of rotatable bonds is 13. The lowest BCUT2D eigenvalue weighted by molar-refractivity contribution is 0.394. The Balaban J connectivity index is 2.14. The van der Waals surface area contributed by atoms with Crippen LogP contribution < -0.4 is 9.47 Å². The minimum absolute atomic E-state index is 0.840. The van der Waals surface area contributed by atoms with Crippen LogP contribution in [-0.2, 0) is 0 Å². The van der Waals surface area contributed by atoms with Gasteiger partial charge in [0, 0.05) is 6.07 Å². The Kier molecular flexibility index (Phi) is 11.1. The Hall–Kier alpha value is -1.44. The maximum Gasteiger partial charge on any atom is 0.123 e. The molecule has 0 saturated carbocycles. The molecule has 130 valence electrons. The lowest BCUT2D eigenvalue weighted by Gasteiger charge is -2.05. The van der Waals surface area contributed by atoms with Gasteiger partial charge in [-0.1, -0.05) is 70.4 Å². The van der Waals surface area contributed by atoms with Gasteiger partial charge in [0.15, 0.2) is 0 Å². The molecule has 0 aliphatic rings. The van der Waals surface area contributed by atoms with Gasteiger partial charge in [0.2, 0.25) is 0 Å². The molecule has 0 aliphatic heterocycles. The molecule has 2 heteroatoms. The summed E-state index contributed by atoms with van der Waals surface area (Å²) in [4.78, 5) is 0. The van der Waals surface area contributed by atoms with Gasteiger partial charge in [-0.15, -0.1) is 0 Å². The smallest absolute Gasteiger partial charge is 0.123 e. The summed E-state index contributed by atoms with van der Waals surface area (Å²) in [7, 11) is 3.37. The van der Waals surface area contributed by atoms with E-state index in [-0.39, 0.29) is 0 Å². The van der Waals surface area contributed by atoms with Crippen molar-refractivity contribution in [3.05, 3.63) is 29.8 Å². The van der Waals surface area contributed by atoms with Gasteiger partial charge in [-0.3, -0.25) is 0 Å². The highest BCUT2D eigenvalue weighted by Gasteiger charge is 1.99. The standard InChI is InChI=1S/C21H34O2/c1-4-5-6-7-8-9-10-11-12-13-14-15-19-16-20(22-2)18-21(17-19)23-3/h14-18H,4-13H2,1-3H3/b15-14+. The van der Waals surface area contributed by atoms with Crippen LogP contribution in [0.25, 0.3) is 6.08 Å². The van der Waals surface area contributed by atoms with Crippen molar-refractivity contribution in [3.63, 3.8) is 0 Å². The van der Waals surface area contributed by atoms with Crippen LogP contribution in [0.1, 0.15) is 76.7 Å². The summed E-state index contributed by atoms with van der Waals surface area (Å²) in [5.41, 5.74) is 1.14. The molecule has 0 fully saturated rings. The van der Waals surface area contributed by atoms with E-state index in [1.54, 1.807) is 14.2 Å². The highest BCUT2D eigenvalue weighted by molar-refractivity contribution is 5.55. The summed E-state index contributed by atoms with van der Waals surface area (Å²) >= 11 is 0. The summed E-state index contributed by atoms with van der Waals surface area (Å²) in [6.45, 7) is 2.27. The zero-order valence-corrected chi connectivity index (χ0v) is 15.3. The van der Waals surface area contributed by atoms with E-state index >= 15 is 0 Å². The van der Waals surface area contributed by atoms with Crippen molar-refractivity contribution in [2.24, 2.45) is 0 Å². The molecule has 0 radical (unpaired) electrons. The molecule has 0 heterocycles. The monoisotopic (exact) mass is 318 g/mol. The van der Waals surface area contributed by atoms with Crippen molar-refractivity contribution in [1.82, 2.24) is 0 Å². The molecule has 0 atom stereocenters. The predicted octanol–water partition coefficient (Wildman–Crippen LogP) is 6.64. The average molecular weight is 319 g/mol. The van der Waals surface area contributed by atoms with Gasteiger partial charge in [-0.2, -0.15) is 0 Å². The second kappa shape index (κ2) is 13.0. The second-order valence-electron chi connectivity index (χ2n) is 6.17. The SMILES string of the molecule is CCCCCCCCCCC/C=C/c1cc(OC)cc(OC)c1. The van der Waals surface area contributed by atoms with E-state index < -0.39 is 0 Å². The summed E-state index contributed by atoms with van der Waals surface area (Å²) in [5.74, 6) is 1.68. The third kappa shape index (κ3) is 9.32. The third-order valence-electron chi connectivity index (χ3n) is 4.16. The van der Waals surface area contributed by atoms with Gasteiger partial charge >= 0.3 is 0 Å². The minimum atomic E-state index is 0.840. The summed E-state index contributed by atoms with van der Waals surface area (Å²) < 4.78 is 10.6. The predicted molar refractivity (Wildman–Crippen MR) is 100 cm³/mol. The number of hydrogen-bond acceptors (Lipinski definition) is 2. The first kappa shape index (κ1) is 19.6. The average Bonchev–Trinajstić information content (AvgIpc) is 2.59. The fraction of sp³-hybridized carbons (Fsp3) is 0.619. The molecule has 23 heavy (non-hydrogen) atoms. The van der Waals surface area contributed by atoms with Crippen molar-refractivity contribution in [2.45, 2.75) is 71.1 Å². The fourth-order valence-corrected chi connectivity index (χ4v) is 2.72. The highest BCUT2D eigenvalue weighted by Crippen LogP contribution is 2.23. The van der Waals surface area contributed by atoms with Crippen LogP contribution in [0.4, 0.5) is 0 Å². The Morgan fingerprint density at radius 3 is 1.78 bits per heavy atom. The number of unbranched alkanes of at least 4 members (excludes halogenated alkanes) is 9. The van der Waals surface area contributed by atoms with E-state index in [2.05, 4.69) is 19.1 Å². The molecule has 0 saturated heterocycles. The molecule has 1 aromatic carbocycles. The lowest BCUT2D eigenvalue weighted by Crippen LogP contribution is -1.88. The molecule has 1 rings (SSSR count). The molecule has 2 nitrogen and oxygen atoms in total. The van der Waals surface area contributed by atoms with Gasteiger partial charge in [0.05, 0.1) is 14.2 Å². The van der Waals surface area contributed by atoms with Crippen LogP contribution in [0, 0.1) is 0 Å². The molecule has 0 bridgehead atoms. The Bertz CT molecular complexity index is 415. The van der Waals surface area contributed by atoms with Gasteiger partial charge in [-0.05, 0) is 30.5 Å². The maximum absolute atomic E-state index is 5.29. The first-order valence-corrected chi connectivity index (χ1v) is 9.19. The molecule has 1 aromatic rings. The summed E-state index contributed by atoms with van der Waals surface area (Å²) in [6.07, 6.45) is 18.0. The molecule has 0 aliphatic carbocycles. The van der Waals surface area contributed by atoms with Gasteiger partial charge in [0.1, 0.15) is 11.5 Å². The number of methoxy groups -OCH3 is 2. The zero-order chi connectivity index (χ0) is 16.8. The molecule has 0 spiro atoms. The number of hydrogen-bond donors (Lipinski definition) is 0. The van der Waals surface area contributed by atoms with Crippen LogP contribution in [0.15, 0.2) is 24.3 Å². The van der Waals surface area contributed by atoms with E-state index in [0.29, 0.717) is 0 Å². The molecule has 0 amide bonds. The van der Waals surface area contributed by atoms with E-state index in [9.17, 15) is 0 Å². The number of ether oxygens (including phenoxy) is 2. The zero-order valence-electron chi connectivity index (χ0n) is 15.3. The summed E-state index contributed by atoms with van der Waals surface area (Å²) in [6, 6.07) is 5.97. The van der Waals surface area contributed by atoms with Crippen LogP contribution in [0.3, 0.4) is 0 Å². The molecule has 0 unspecified atom stereocenters. The Morgan fingerprint density at radius 1 is 0.739 bits per heavy atom. The lowest BCUT2D eigenvalue weighted by atomic mass is 10.1. The van der Waals surface area contributed by atoms with E-state index in [1.165, 1.54) is 57.8 Å². The Labute approximate surface area is 142 Å². The number of allylic oxidation sites excluding steroid dienone is 1. The summed E-state index contributed by atoms with van der Waals surface area (Å²) in [5, 5.41) is 0. The minimum Gasteiger partial charge on any atom is -0.497 e. The van der Waals surface area contributed by atoms with Crippen LogP contribution in [-0.4, -0.2) is 14.2 Å². The second-order valence-corrected chi connectivity index (χ2v) is 6.17. The molecule has 0 N–H and O–H groups in total. The van der Waals surface area contributed by atoms with Gasteiger partial charge < -0.3 is 9.47 Å².